The summed E-state index contributed by atoms with van der Waals surface area (Å²) in [5, 5.41) is 20.7. The van der Waals surface area contributed by atoms with Crippen molar-refractivity contribution in [3.63, 3.8) is 0 Å². The highest BCUT2D eigenvalue weighted by Gasteiger charge is 2.77. The SMILES string of the molecule is C[C@]12C[C@@]3(c4ccc(OCCCCCCl)cc4)O[C@@]3(c3ccc(O)cc3)C[C@@H]1CC[C@@H]2O. The van der Waals surface area contributed by atoms with Crippen LogP contribution >= 0.6 is 11.6 Å². The number of unbranched alkanes of at least 4 members (excludes halogenated alkanes) is 2. The van der Waals surface area contributed by atoms with Gasteiger partial charge in [-0.3, -0.25) is 0 Å². The molecule has 2 saturated carbocycles. The number of aliphatic hydroxyl groups is 1. The van der Waals surface area contributed by atoms with Crippen LogP contribution in [0.25, 0.3) is 0 Å². The number of phenolic OH excluding ortho intramolecular Hbond substituents is 1. The van der Waals surface area contributed by atoms with Crippen LogP contribution in [-0.4, -0.2) is 28.8 Å². The van der Waals surface area contributed by atoms with Gasteiger partial charge in [0.15, 0.2) is 0 Å². The minimum absolute atomic E-state index is 0.144. The number of halogens is 1. The second-order valence-electron chi connectivity index (χ2n) is 10.1. The van der Waals surface area contributed by atoms with E-state index >= 15 is 0 Å². The number of alkyl halides is 1. The monoisotopic (exact) mass is 456 g/mol. The van der Waals surface area contributed by atoms with Crippen molar-refractivity contribution in [3.8, 4) is 11.5 Å². The van der Waals surface area contributed by atoms with Crippen molar-refractivity contribution in [2.24, 2.45) is 11.3 Å². The molecule has 2 aliphatic carbocycles. The summed E-state index contributed by atoms with van der Waals surface area (Å²) in [5.41, 5.74) is 1.24. The van der Waals surface area contributed by atoms with Crippen LogP contribution in [0.5, 0.6) is 11.5 Å². The molecule has 0 radical (unpaired) electrons. The average molecular weight is 457 g/mol. The minimum Gasteiger partial charge on any atom is -0.508 e. The van der Waals surface area contributed by atoms with Crippen molar-refractivity contribution in [2.75, 3.05) is 12.5 Å². The summed E-state index contributed by atoms with van der Waals surface area (Å²) in [6.07, 6.45) is 6.40. The first kappa shape index (κ1) is 22.1. The summed E-state index contributed by atoms with van der Waals surface area (Å²) in [7, 11) is 0. The Morgan fingerprint density at radius 3 is 2.38 bits per heavy atom. The van der Waals surface area contributed by atoms with Crippen LogP contribution in [0.15, 0.2) is 48.5 Å². The molecule has 2 aromatic carbocycles. The van der Waals surface area contributed by atoms with Crippen molar-refractivity contribution in [1.29, 1.82) is 0 Å². The van der Waals surface area contributed by atoms with Gasteiger partial charge in [-0.25, -0.2) is 0 Å². The number of ether oxygens (including phenoxy) is 2. The lowest BCUT2D eigenvalue weighted by molar-refractivity contribution is -0.00161. The second-order valence-corrected chi connectivity index (χ2v) is 10.5. The molecule has 0 bridgehead atoms. The van der Waals surface area contributed by atoms with Crippen molar-refractivity contribution in [3.05, 3.63) is 59.7 Å². The number of hydrogen-bond acceptors (Lipinski definition) is 4. The summed E-state index contributed by atoms with van der Waals surface area (Å²) in [6.45, 7) is 2.93. The van der Waals surface area contributed by atoms with E-state index in [-0.39, 0.29) is 17.3 Å². The number of rotatable bonds is 8. The lowest BCUT2D eigenvalue weighted by Gasteiger charge is -2.43. The molecule has 0 amide bonds. The first-order chi connectivity index (χ1) is 15.4. The molecule has 3 fully saturated rings. The number of epoxide rings is 1. The molecule has 1 heterocycles. The van der Waals surface area contributed by atoms with E-state index in [0.29, 0.717) is 18.4 Å². The van der Waals surface area contributed by atoms with E-state index in [1.807, 2.05) is 24.3 Å². The quantitative estimate of drug-likeness (QED) is 0.296. The molecule has 5 rings (SSSR count). The first-order valence-electron chi connectivity index (χ1n) is 11.9. The third-order valence-corrected chi connectivity index (χ3v) is 8.57. The Balaban J connectivity index is 1.42. The zero-order valence-corrected chi connectivity index (χ0v) is 19.5. The highest BCUT2D eigenvalue weighted by molar-refractivity contribution is 6.17. The predicted octanol–water partition coefficient (Wildman–Crippen LogP) is 5.87. The van der Waals surface area contributed by atoms with E-state index in [2.05, 4.69) is 19.1 Å². The molecule has 0 unspecified atom stereocenters. The van der Waals surface area contributed by atoms with Crippen LogP contribution in [0.4, 0.5) is 0 Å². The van der Waals surface area contributed by atoms with E-state index in [1.54, 1.807) is 12.1 Å². The molecule has 172 valence electrons. The van der Waals surface area contributed by atoms with Crippen LogP contribution < -0.4 is 4.74 Å². The zero-order chi connectivity index (χ0) is 22.4. The molecule has 32 heavy (non-hydrogen) atoms. The summed E-state index contributed by atoms with van der Waals surface area (Å²) in [4.78, 5) is 0. The Hall–Kier alpha value is -1.75. The summed E-state index contributed by atoms with van der Waals surface area (Å²) in [5.74, 6) is 2.26. The fraction of sp³-hybridized carbons (Fsp3) is 0.556. The normalized spacial score (nSPS) is 35.2. The molecular formula is C27H33ClO4. The van der Waals surface area contributed by atoms with Crippen molar-refractivity contribution < 1.29 is 19.7 Å². The second kappa shape index (κ2) is 8.23. The topological polar surface area (TPSA) is 62.2 Å². The standard InChI is InChI=1S/C27H33ClO4/c1-25-18-27(20-7-12-23(13-8-20)31-16-4-2-3-15-28)26(32-27,17-21(25)9-14-24(25)30)19-5-10-22(29)11-6-19/h5-8,10-13,21,24,29-30H,2-4,9,14-18H2,1H3/t21-,24-,25-,26+,27-/m0/s1. The number of benzene rings is 2. The molecule has 2 N–H and O–H groups in total. The van der Waals surface area contributed by atoms with Gasteiger partial charge in [-0.1, -0.05) is 31.2 Å². The van der Waals surface area contributed by atoms with Gasteiger partial charge in [0.1, 0.15) is 22.7 Å². The van der Waals surface area contributed by atoms with Gasteiger partial charge < -0.3 is 19.7 Å². The molecule has 1 aliphatic heterocycles. The van der Waals surface area contributed by atoms with Crippen LogP contribution in [0, 0.1) is 11.3 Å². The molecule has 0 aromatic heterocycles. The Morgan fingerprint density at radius 1 is 0.969 bits per heavy atom. The highest BCUT2D eigenvalue weighted by atomic mass is 35.5. The van der Waals surface area contributed by atoms with Gasteiger partial charge in [0.2, 0.25) is 0 Å². The molecule has 5 heteroatoms. The molecule has 2 aromatic rings. The van der Waals surface area contributed by atoms with Crippen molar-refractivity contribution >= 4 is 11.6 Å². The lowest BCUT2D eigenvalue weighted by Crippen LogP contribution is -2.44. The molecule has 1 saturated heterocycles. The largest absolute Gasteiger partial charge is 0.508 e. The van der Waals surface area contributed by atoms with E-state index in [4.69, 9.17) is 21.1 Å². The Labute approximate surface area is 195 Å². The fourth-order valence-electron chi connectivity index (χ4n) is 6.35. The maximum atomic E-state index is 10.9. The molecular weight excluding hydrogens is 424 g/mol. The molecule has 5 atom stereocenters. The minimum atomic E-state index is -0.459. The third kappa shape index (κ3) is 3.43. The summed E-state index contributed by atoms with van der Waals surface area (Å²) in [6, 6.07) is 15.8. The maximum Gasteiger partial charge on any atom is 0.128 e. The van der Waals surface area contributed by atoms with Gasteiger partial charge in [-0.2, -0.15) is 0 Å². The van der Waals surface area contributed by atoms with Gasteiger partial charge in [0, 0.05) is 5.88 Å². The molecule has 4 nitrogen and oxygen atoms in total. The van der Waals surface area contributed by atoms with Crippen LogP contribution in [0.1, 0.15) is 63.0 Å². The van der Waals surface area contributed by atoms with E-state index in [9.17, 15) is 10.2 Å². The van der Waals surface area contributed by atoms with Gasteiger partial charge in [0.05, 0.1) is 12.7 Å². The average Bonchev–Trinajstić information content (AvgIpc) is 3.38. The van der Waals surface area contributed by atoms with Gasteiger partial charge >= 0.3 is 0 Å². The summed E-state index contributed by atoms with van der Waals surface area (Å²) >= 11 is 5.74. The number of aliphatic hydroxyl groups excluding tert-OH is 1. The van der Waals surface area contributed by atoms with Crippen LogP contribution in [0.3, 0.4) is 0 Å². The van der Waals surface area contributed by atoms with Gasteiger partial charge in [-0.15, -0.1) is 11.6 Å². The van der Waals surface area contributed by atoms with Crippen LogP contribution in [0.2, 0.25) is 0 Å². The van der Waals surface area contributed by atoms with Gasteiger partial charge in [0.25, 0.3) is 0 Å². The lowest BCUT2D eigenvalue weighted by atomic mass is 9.58. The number of hydrogen-bond donors (Lipinski definition) is 2. The van der Waals surface area contributed by atoms with E-state index < -0.39 is 11.2 Å². The van der Waals surface area contributed by atoms with Crippen molar-refractivity contribution in [2.45, 2.75) is 69.2 Å². The zero-order valence-electron chi connectivity index (χ0n) is 18.7. The van der Waals surface area contributed by atoms with E-state index in [0.717, 1.165) is 61.8 Å². The highest BCUT2D eigenvalue weighted by Crippen LogP contribution is 2.75. The van der Waals surface area contributed by atoms with Crippen molar-refractivity contribution in [1.82, 2.24) is 0 Å². The smallest absolute Gasteiger partial charge is 0.128 e. The Bertz CT molecular complexity index is 945. The Morgan fingerprint density at radius 2 is 1.66 bits per heavy atom. The molecule has 0 spiro atoms. The summed E-state index contributed by atoms with van der Waals surface area (Å²) < 4.78 is 12.7. The fourth-order valence-corrected chi connectivity index (χ4v) is 6.54. The third-order valence-electron chi connectivity index (χ3n) is 8.31. The maximum absolute atomic E-state index is 10.9. The van der Waals surface area contributed by atoms with Gasteiger partial charge in [-0.05, 0) is 91.7 Å². The van der Waals surface area contributed by atoms with E-state index in [1.165, 1.54) is 0 Å². The molecule has 3 aliphatic rings. The first-order valence-corrected chi connectivity index (χ1v) is 12.4. The number of aromatic hydroxyl groups is 1. The number of fused-ring (bicyclic) bond motifs is 2. The predicted molar refractivity (Wildman–Crippen MR) is 125 cm³/mol. The van der Waals surface area contributed by atoms with Crippen LogP contribution in [-0.2, 0) is 15.9 Å². The Kier molecular flexibility index (Phi) is 5.68. The number of phenols is 1.